The van der Waals surface area contributed by atoms with Gasteiger partial charge >= 0.3 is 5.97 Å². The molecule has 1 saturated heterocycles. The van der Waals surface area contributed by atoms with Crippen molar-refractivity contribution in [3.05, 3.63) is 35.9 Å². The average molecular weight is 304 g/mol. The second-order valence-electron chi connectivity index (χ2n) is 5.91. The van der Waals surface area contributed by atoms with Gasteiger partial charge in [-0.05, 0) is 38.4 Å². The van der Waals surface area contributed by atoms with Crippen LogP contribution in [0.4, 0.5) is 0 Å². The van der Waals surface area contributed by atoms with E-state index in [4.69, 9.17) is 0 Å². The van der Waals surface area contributed by atoms with Gasteiger partial charge in [-0.15, -0.1) is 0 Å². The monoisotopic (exact) mass is 304 g/mol. The molecule has 1 unspecified atom stereocenters. The van der Waals surface area contributed by atoms with Gasteiger partial charge in [0.25, 0.3) is 0 Å². The molecule has 1 aliphatic rings. The maximum atomic E-state index is 12.6. The van der Waals surface area contributed by atoms with E-state index in [0.717, 1.165) is 31.5 Å². The Labute approximate surface area is 131 Å². The minimum absolute atomic E-state index is 0.120. The number of carbonyl (C=O) groups excluding carboxylic acids is 1. The Hall–Kier alpha value is -1.88. The van der Waals surface area contributed by atoms with Crippen molar-refractivity contribution >= 4 is 11.9 Å². The number of rotatable bonds is 6. The Balaban J connectivity index is 2.06. The predicted molar refractivity (Wildman–Crippen MR) is 84.6 cm³/mol. The summed E-state index contributed by atoms with van der Waals surface area (Å²) in [4.78, 5) is 27.7. The molecule has 0 aromatic heterocycles. The highest BCUT2D eigenvalue weighted by molar-refractivity contribution is 5.86. The highest BCUT2D eigenvalue weighted by Gasteiger charge is 2.32. The summed E-state index contributed by atoms with van der Waals surface area (Å²) < 4.78 is 0. The Morgan fingerprint density at radius 3 is 2.36 bits per heavy atom. The van der Waals surface area contributed by atoms with Gasteiger partial charge in [-0.2, -0.15) is 0 Å². The first-order valence-corrected chi connectivity index (χ1v) is 7.78. The summed E-state index contributed by atoms with van der Waals surface area (Å²) in [5.74, 6) is -1.08. The van der Waals surface area contributed by atoms with Crippen LogP contribution in [0.25, 0.3) is 0 Å². The van der Waals surface area contributed by atoms with Crippen molar-refractivity contribution in [2.45, 2.75) is 38.3 Å². The number of benzene rings is 1. The number of nitrogens with zero attached hydrogens (tertiary/aromatic N) is 2. The van der Waals surface area contributed by atoms with E-state index in [1.807, 2.05) is 37.3 Å². The summed E-state index contributed by atoms with van der Waals surface area (Å²) in [7, 11) is 1.59. The molecular formula is C17H24N2O3. The maximum Gasteiger partial charge on any atom is 0.326 e. The first kappa shape index (κ1) is 16.5. The molecule has 22 heavy (non-hydrogen) atoms. The molecule has 1 amide bonds. The standard InChI is InChI=1S/C17H24N2O3/c1-13(19-10-6-7-11-19)16(20)18(2)15(17(21)22)12-14-8-4-3-5-9-14/h3-5,8-9,13,15H,6-7,10-12H2,1-2H3,(H,21,22)/t13?,15-/m0/s1. The third-order valence-corrected chi connectivity index (χ3v) is 4.42. The molecule has 0 aliphatic carbocycles. The molecule has 1 N–H and O–H groups in total. The molecule has 0 bridgehead atoms. The molecule has 2 rings (SSSR count). The number of hydrogen-bond acceptors (Lipinski definition) is 3. The molecule has 0 radical (unpaired) electrons. The van der Waals surface area contributed by atoms with Gasteiger partial charge in [-0.3, -0.25) is 9.69 Å². The third kappa shape index (κ3) is 3.85. The summed E-state index contributed by atoms with van der Waals surface area (Å²) in [5, 5.41) is 9.49. The number of likely N-dealkylation sites (tertiary alicyclic amines) is 1. The van der Waals surface area contributed by atoms with Crippen LogP contribution in [0.5, 0.6) is 0 Å². The zero-order valence-electron chi connectivity index (χ0n) is 13.2. The topological polar surface area (TPSA) is 60.9 Å². The van der Waals surface area contributed by atoms with E-state index < -0.39 is 12.0 Å². The van der Waals surface area contributed by atoms with Crippen molar-refractivity contribution in [1.29, 1.82) is 0 Å². The number of likely N-dealkylation sites (N-methyl/N-ethyl adjacent to an activating group) is 1. The molecule has 1 heterocycles. The van der Waals surface area contributed by atoms with Crippen molar-refractivity contribution in [3.63, 3.8) is 0 Å². The van der Waals surface area contributed by atoms with Gasteiger partial charge in [0.15, 0.2) is 0 Å². The van der Waals surface area contributed by atoms with Crippen molar-refractivity contribution in [2.75, 3.05) is 20.1 Å². The summed E-state index contributed by atoms with van der Waals surface area (Å²) in [6, 6.07) is 8.33. The molecule has 2 atom stereocenters. The first-order chi connectivity index (χ1) is 10.5. The van der Waals surface area contributed by atoms with Gasteiger partial charge in [0.1, 0.15) is 6.04 Å². The molecular weight excluding hydrogens is 280 g/mol. The quantitative estimate of drug-likeness (QED) is 0.867. The van der Waals surface area contributed by atoms with Crippen molar-refractivity contribution in [2.24, 2.45) is 0 Å². The lowest BCUT2D eigenvalue weighted by atomic mass is 10.0. The van der Waals surface area contributed by atoms with E-state index in [1.54, 1.807) is 7.05 Å². The zero-order chi connectivity index (χ0) is 16.1. The van der Waals surface area contributed by atoms with Crippen LogP contribution in [0.3, 0.4) is 0 Å². The van der Waals surface area contributed by atoms with Gasteiger partial charge in [-0.25, -0.2) is 4.79 Å². The van der Waals surface area contributed by atoms with E-state index in [0.29, 0.717) is 6.42 Å². The normalized spacial score (nSPS) is 17.9. The van der Waals surface area contributed by atoms with Gasteiger partial charge < -0.3 is 10.0 Å². The second kappa shape index (κ2) is 7.40. The van der Waals surface area contributed by atoms with E-state index in [2.05, 4.69) is 4.90 Å². The molecule has 5 heteroatoms. The molecule has 1 aromatic carbocycles. The van der Waals surface area contributed by atoms with Crippen molar-refractivity contribution in [3.8, 4) is 0 Å². The lowest BCUT2D eigenvalue weighted by molar-refractivity contribution is -0.150. The molecule has 1 aliphatic heterocycles. The van der Waals surface area contributed by atoms with E-state index in [1.165, 1.54) is 4.90 Å². The van der Waals surface area contributed by atoms with Crippen LogP contribution in [-0.2, 0) is 16.0 Å². The first-order valence-electron chi connectivity index (χ1n) is 7.78. The SMILES string of the molecule is CC(C(=O)N(C)[C@@H](Cc1ccccc1)C(=O)O)N1CCCC1. The molecule has 1 fully saturated rings. The lowest BCUT2D eigenvalue weighted by Crippen LogP contribution is -2.51. The van der Waals surface area contributed by atoms with Crippen LogP contribution in [0, 0.1) is 0 Å². The predicted octanol–water partition coefficient (Wildman–Crippen LogP) is 1.62. The number of carbonyl (C=O) groups is 2. The molecule has 0 spiro atoms. The number of hydrogen-bond donors (Lipinski definition) is 1. The largest absolute Gasteiger partial charge is 0.480 e. The summed E-state index contributed by atoms with van der Waals surface area (Å²) in [5.41, 5.74) is 0.920. The Morgan fingerprint density at radius 2 is 1.82 bits per heavy atom. The molecule has 0 saturated carbocycles. The van der Waals surface area contributed by atoms with Crippen molar-refractivity contribution in [1.82, 2.24) is 9.80 Å². The minimum atomic E-state index is -0.965. The lowest BCUT2D eigenvalue weighted by Gasteiger charge is -2.31. The Kier molecular flexibility index (Phi) is 5.55. The van der Waals surface area contributed by atoms with Crippen LogP contribution < -0.4 is 0 Å². The number of carboxylic acids is 1. The number of carboxylic acid groups (broad SMARTS) is 1. The van der Waals surface area contributed by atoms with Crippen LogP contribution >= 0.6 is 0 Å². The smallest absolute Gasteiger partial charge is 0.326 e. The fourth-order valence-corrected chi connectivity index (χ4v) is 2.96. The van der Waals surface area contributed by atoms with Crippen LogP contribution in [0.15, 0.2) is 30.3 Å². The van der Waals surface area contributed by atoms with Crippen LogP contribution in [-0.4, -0.2) is 59.0 Å². The van der Waals surface area contributed by atoms with E-state index >= 15 is 0 Å². The Morgan fingerprint density at radius 1 is 1.23 bits per heavy atom. The number of amides is 1. The van der Waals surface area contributed by atoms with Crippen LogP contribution in [0.1, 0.15) is 25.3 Å². The number of aliphatic carboxylic acids is 1. The third-order valence-electron chi connectivity index (χ3n) is 4.42. The van der Waals surface area contributed by atoms with Crippen molar-refractivity contribution < 1.29 is 14.7 Å². The van der Waals surface area contributed by atoms with Gasteiger partial charge in [-0.1, -0.05) is 30.3 Å². The zero-order valence-corrected chi connectivity index (χ0v) is 13.2. The summed E-state index contributed by atoms with van der Waals surface area (Å²) >= 11 is 0. The molecule has 1 aromatic rings. The maximum absolute atomic E-state index is 12.6. The fourth-order valence-electron chi connectivity index (χ4n) is 2.96. The van der Waals surface area contributed by atoms with Gasteiger partial charge in [0.2, 0.25) is 5.91 Å². The second-order valence-corrected chi connectivity index (χ2v) is 5.91. The van der Waals surface area contributed by atoms with E-state index in [-0.39, 0.29) is 11.9 Å². The Bertz CT molecular complexity index is 512. The van der Waals surface area contributed by atoms with Crippen LogP contribution in [0.2, 0.25) is 0 Å². The summed E-state index contributed by atoms with van der Waals surface area (Å²) in [6.07, 6.45) is 2.53. The highest BCUT2D eigenvalue weighted by atomic mass is 16.4. The highest BCUT2D eigenvalue weighted by Crippen LogP contribution is 2.15. The average Bonchev–Trinajstić information content (AvgIpc) is 3.05. The fraction of sp³-hybridized carbons (Fsp3) is 0.529. The van der Waals surface area contributed by atoms with Gasteiger partial charge in [0, 0.05) is 13.5 Å². The van der Waals surface area contributed by atoms with E-state index in [9.17, 15) is 14.7 Å². The van der Waals surface area contributed by atoms with Gasteiger partial charge in [0.05, 0.1) is 6.04 Å². The molecule has 120 valence electrons. The molecule has 5 nitrogen and oxygen atoms in total. The minimum Gasteiger partial charge on any atom is -0.480 e. The summed E-state index contributed by atoms with van der Waals surface area (Å²) in [6.45, 7) is 3.69.